The summed E-state index contributed by atoms with van der Waals surface area (Å²) >= 11 is 5.50. The van der Waals surface area contributed by atoms with Gasteiger partial charge >= 0.3 is 0 Å². The van der Waals surface area contributed by atoms with Crippen molar-refractivity contribution >= 4 is 17.7 Å². The van der Waals surface area contributed by atoms with Gasteiger partial charge in [-0.25, -0.2) is 0 Å². The fourth-order valence-electron chi connectivity index (χ4n) is 0.828. The van der Waals surface area contributed by atoms with Gasteiger partial charge in [0.15, 0.2) is 0 Å². The largest absolute Gasteiger partial charge is 0.0927 e. The fraction of sp³-hybridized carbons (Fsp3) is 0.0909. The predicted molar refractivity (Wildman–Crippen MR) is 55.1 cm³/mol. The Morgan fingerprint density at radius 3 is 2.58 bits per heavy atom. The highest BCUT2D eigenvalue weighted by Gasteiger charge is 1.82. The second-order valence-electron chi connectivity index (χ2n) is 2.60. The average molecular weight is 181 g/mol. The molecular weight excluding hydrogens is 170 g/mol. The third kappa shape index (κ3) is 2.93. The molecule has 0 unspecified atom stereocenters. The summed E-state index contributed by atoms with van der Waals surface area (Å²) in [7, 11) is 0. The van der Waals surface area contributed by atoms with Crippen molar-refractivity contribution in [2.45, 2.75) is 6.92 Å². The van der Waals surface area contributed by atoms with E-state index in [2.05, 4.69) is 12.1 Å². The van der Waals surface area contributed by atoms with E-state index in [9.17, 15) is 0 Å². The van der Waals surface area contributed by atoms with Crippen molar-refractivity contribution in [1.82, 2.24) is 0 Å². The van der Waals surface area contributed by atoms with Gasteiger partial charge < -0.3 is 0 Å². The van der Waals surface area contributed by atoms with Crippen LogP contribution in [0.4, 0.5) is 0 Å². The van der Waals surface area contributed by atoms with Crippen molar-refractivity contribution in [3.8, 4) is 0 Å². The van der Waals surface area contributed by atoms with Gasteiger partial charge in [-0.3, -0.25) is 0 Å². The van der Waals surface area contributed by atoms with Crippen LogP contribution in [0, 0.1) is 0 Å². The minimum Gasteiger partial charge on any atom is -0.0927 e. The molecule has 1 aromatic carbocycles. The molecule has 0 bridgehead atoms. The smallest absolute Gasteiger partial charge is 0.00717 e. The van der Waals surface area contributed by atoms with Gasteiger partial charge in [0.1, 0.15) is 0 Å². The second kappa shape index (κ2) is 4.78. The molecule has 12 heavy (non-hydrogen) atoms. The van der Waals surface area contributed by atoms with Gasteiger partial charge in [-0.1, -0.05) is 54.1 Å². The van der Waals surface area contributed by atoms with Crippen molar-refractivity contribution in [3.05, 3.63) is 53.1 Å². The lowest BCUT2D eigenvalue weighted by Crippen LogP contribution is -1.69. The number of rotatable bonds is 2. The molecule has 62 valence electrons. The van der Waals surface area contributed by atoms with E-state index in [0.29, 0.717) is 0 Å². The van der Waals surface area contributed by atoms with Gasteiger partial charge in [0.05, 0.1) is 0 Å². The molecule has 1 aromatic rings. The molecule has 0 fully saturated rings. The van der Waals surface area contributed by atoms with Crippen LogP contribution in [0.1, 0.15) is 12.5 Å². The molecular formula is C11H11Cl. The Morgan fingerprint density at radius 1 is 1.33 bits per heavy atom. The summed E-state index contributed by atoms with van der Waals surface area (Å²) in [6, 6.07) is 10.1. The second-order valence-corrected chi connectivity index (χ2v) is 2.82. The van der Waals surface area contributed by atoms with E-state index in [-0.39, 0.29) is 0 Å². The summed E-state index contributed by atoms with van der Waals surface area (Å²) in [5.41, 5.74) is 3.82. The molecule has 1 heteroatoms. The summed E-state index contributed by atoms with van der Waals surface area (Å²) in [5.74, 6) is 0. The molecule has 0 heterocycles. The Morgan fingerprint density at radius 2 is 2.00 bits per heavy atom. The molecule has 0 saturated heterocycles. The lowest BCUT2D eigenvalue weighted by Gasteiger charge is -1.90. The van der Waals surface area contributed by atoms with Crippen LogP contribution in [0.3, 0.4) is 0 Å². The molecule has 0 nitrogen and oxygen atoms in total. The van der Waals surface area contributed by atoms with Crippen LogP contribution in [-0.4, -0.2) is 0 Å². The summed E-state index contributed by atoms with van der Waals surface area (Å²) in [5, 5.41) is 0. The monoisotopic (exact) mass is 180 g/mol. The summed E-state index contributed by atoms with van der Waals surface area (Å²) in [4.78, 5) is 0. The Hall–Kier alpha value is -1.01. The van der Waals surface area contributed by atoms with Crippen LogP contribution >= 0.6 is 11.6 Å². The first-order chi connectivity index (χ1) is 5.83. The van der Waals surface area contributed by atoms with E-state index in [1.807, 2.05) is 37.3 Å². The van der Waals surface area contributed by atoms with Crippen molar-refractivity contribution in [1.29, 1.82) is 0 Å². The highest BCUT2D eigenvalue weighted by molar-refractivity contribution is 6.25. The SMILES string of the molecule is CC(=C\Cl)/[14CH]=C/c1ccccc1. The van der Waals surface area contributed by atoms with Gasteiger partial charge in [-0.2, -0.15) is 0 Å². The van der Waals surface area contributed by atoms with Crippen LogP contribution in [0.15, 0.2) is 47.5 Å². The first-order valence-electron chi connectivity index (χ1n) is 3.83. The summed E-state index contributed by atoms with van der Waals surface area (Å²) in [6.45, 7) is 1.96. The quantitative estimate of drug-likeness (QED) is 0.607. The fourth-order valence-corrected chi connectivity index (χ4v) is 0.901. The maximum Gasteiger partial charge on any atom is 0.00717 e. The molecule has 0 N–H and O–H groups in total. The van der Waals surface area contributed by atoms with E-state index in [1.165, 1.54) is 5.56 Å². The maximum atomic E-state index is 5.50. The Kier molecular flexibility index (Phi) is 3.62. The molecule has 0 aliphatic carbocycles. The minimum absolute atomic E-state index is 1.06. The van der Waals surface area contributed by atoms with Crippen molar-refractivity contribution < 1.29 is 0 Å². The third-order valence-corrected chi connectivity index (χ3v) is 1.85. The molecule has 0 saturated carbocycles. The highest BCUT2D eigenvalue weighted by Crippen LogP contribution is 2.04. The topological polar surface area (TPSA) is 0 Å². The lowest BCUT2D eigenvalue weighted by molar-refractivity contribution is 1.56. The lowest BCUT2D eigenvalue weighted by atomic mass is 10.2. The van der Waals surface area contributed by atoms with Gasteiger partial charge in [0.25, 0.3) is 0 Å². The Labute approximate surface area is 78.2 Å². The van der Waals surface area contributed by atoms with E-state index in [1.54, 1.807) is 5.54 Å². The Balaban J connectivity index is 2.70. The number of hydrogen-bond donors (Lipinski definition) is 0. The normalized spacial score (nSPS) is 12.3. The van der Waals surface area contributed by atoms with E-state index in [0.717, 1.165) is 5.57 Å². The summed E-state index contributed by atoms with van der Waals surface area (Å²) in [6.07, 6.45) is 4.02. The van der Waals surface area contributed by atoms with Gasteiger partial charge in [-0.15, -0.1) is 0 Å². The summed E-state index contributed by atoms with van der Waals surface area (Å²) < 4.78 is 0. The molecule has 0 radical (unpaired) electrons. The van der Waals surface area contributed by atoms with Crippen LogP contribution in [0.25, 0.3) is 6.08 Å². The molecule has 0 amide bonds. The predicted octanol–water partition coefficient (Wildman–Crippen LogP) is 3.84. The molecule has 0 aliphatic rings. The number of allylic oxidation sites excluding steroid dienone is 2. The molecule has 0 spiro atoms. The van der Waals surface area contributed by atoms with Gasteiger partial charge in [0, 0.05) is 5.54 Å². The van der Waals surface area contributed by atoms with E-state index < -0.39 is 0 Å². The third-order valence-electron chi connectivity index (χ3n) is 1.51. The zero-order valence-electron chi connectivity index (χ0n) is 7.00. The van der Waals surface area contributed by atoms with Crippen molar-refractivity contribution in [2.75, 3.05) is 0 Å². The average Bonchev–Trinajstić information content (AvgIpc) is 2.16. The van der Waals surface area contributed by atoms with E-state index >= 15 is 0 Å². The first-order valence-corrected chi connectivity index (χ1v) is 4.26. The van der Waals surface area contributed by atoms with Crippen molar-refractivity contribution in [3.63, 3.8) is 0 Å². The van der Waals surface area contributed by atoms with Gasteiger partial charge in [0.2, 0.25) is 0 Å². The Bertz CT molecular complexity index is 283. The number of halogens is 1. The highest BCUT2D eigenvalue weighted by atomic mass is 35.5. The van der Waals surface area contributed by atoms with Crippen LogP contribution < -0.4 is 0 Å². The maximum absolute atomic E-state index is 5.50. The number of benzene rings is 1. The van der Waals surface area contributed by atoms with Crippen LogP contribution in [0.2, 0.25) is 0 Å². The first kappa shape index (κ1) is 9.08. The minimum atomic E-state index is 1.06. The molecule has 0 aliphatic heterocycles. The van der Waals surface area contributed by atoms with Gasteiger partial charge in [-0.05, 0) is 18.1 Å². The molecule has 0 aromatic heterocycles. The standard InChI is InChI=1S/C11H11Cl/c1-10(9-12)7-8-11-5-3-2-4-6-11/h2-9H,1H3/b8-7+,10-9+/i7+2. The zero-order chi connectivity index (χ0) is 8.81. The zero-order valence-corrected chi connectivity index (χ0v) is 7.75. The molecule has 1 rings (SSSR count). The molecule has 0 atom stereocenters. The number of hydrogen-bond acceptors (Lipinski definition) is 0. The van der Waals surface area contributed by atoms with Crippen LogP contribution in [-0.2, 0) is 0 Å². The van der Waals surface area contributed by atoms with E-state index in [4.69, 9.17) is 11.6 Å². The van der Waals surface area contributed by atoms with Crippen LogP contribution in [0.5, 0.6) is 0 Å². The van der Waals surface area contributed by atoms with Crippen molar-refractivity contribution in [2.24, 2.45) is 0 Å².